The van der Waals surface area contributed by atoms with Crippen LogP contribution in [0.25, 0.3) is 0 Å². The summed E-state index contributed by atoms with van der Waals surface area (Å²) in [6.07, 6.45) is 4.05. The van der Waals surface area contributed by atoms with Gasteiger partial charge in [-0.25, -0.2) is 0 Å². The van der Waals surface area contributed by atoms with E-state index in [-0.39, 0.29) is 11.9 Å². The van der Waals surface area contributed by atoms with E-state index in [1.807, 2.05) is 17.2 Å². The first-order valence-corrected chi connectivity index (χ1v) is 7.65. The van der Waals surface area contributed by atoms with Crippen molar-refractivity contribution in [3.63, 3.8) is 0 Å². The van der Waals surface area contributed by atoms with E-state index in [0.29, 0.717) is 22.0 Å². The van der Waals surface area contributed by atoms with Crippen molar-refractivity contribution >= 4 is 28.8 Å². The van der Waals surface area contributed by atoms with Crippen LogP contribution in [0.3, 0.4) is 0 Å². The van der Waals surface area contributed by atoms with Crippen molar-refractivity contribution in [2.24, 2.45) is 5.73 Å². The number of rotatable bonds is 1. The van der Waals surface area contributed by atoms with Gasteiger partial charge in [-0.05, 0) is 43.6 Å². The molecular weight excluding hydrogens is 268 g/mol. The second kappa shape index (κ2) is 4.51. The lowest BCUT2D eigenvalue weighted by Crippen LogP contribution is -2.50. The number of carbonyl (C=O) groups excluding carboxylic acids is 1. The molecule has 2 atom stereocenters. The van der Waals surface area contributed by atoms with E-state index in [1.165, 1.54) is 11.3 Å². The third kappa shape index (κ3) is 1.87. The van der Waals surface area contributed by atoms with Gasteiger partial charge in [-0.2, -0.15) is 0 Å². The Morgan fingerprint density at radius 1 is 1.44 bits per heavy atom. The van der Waals surface area contributed by atoms with E-state index in [2.05, 4.69) is 0 Å². The molecule has 2 N–H and O–H groups in total. The van der Waals surface area contributed by atoms with Crippen molar-refractivity contribution in [2.45, 2.75) is 50.7 Å². The number of aryl methyl sites for hydroxylation is 1. The predicted molar refractivity (Wildman–Crippen MR) is 74.3 cm³/mol. The Kier molecular flexibility index (Phi) is 3.12. The van der Waals surface area contributed by atoms with Gasteiger partial charge in [0.25, 0.3) is 5.91 Å². The summed E-state index contributed by atoms with van der Waals surface area (Å²) >= 11 is 7.66. The summed E-state index contributed by atoms with van der Waals surface area (Å²) in [5.41, 5.74) is 7.02. The van der Waals surface area contributed by atoms with Gasteiger partial charge in [-0.15, -0.1) is 11.3 Å². The Labute approximate surface area is 116 Å². The van der Waals surface area contributed by atoms with Crippen LogP contribution in [-0.4, -0.2) is 28.9 Å². The molecule has 0 aromatic carbocycles. The Morgan fingerprint density at radius 3 is 2.56 bits per heavy atom. The number of amides is 1. The zero-order valence-corrected chi connectivity index (χ0v) is 11.9. The first kappa shape index (κ1) is 12.5. The molecule has 2 unspecified atom stereocenters. The molecule has 5 heteroatoms. The van der Waals surface area contributed by atoms with Crippen LogP contribution >= 0.6 is 22.9 Å². The second-order valence-corrected chi connectivity index (χ2v) is 6.65. The summed E-state index contributed by atoms with van der Waals surface area (Å²) in [4.78, 5) is 15.4. The van der Waals surface area contributed by atoms with E-state index in [9.17, 15) is 4.79 Å². The summed E-state index contributed by atoms with van der Waals surface area (Å²) in [6, 6.07) is 0.904. The number of nitrogens with two attached hydrogens (primary N) is 1. The van der Waals surface area contributed by atoms with E-state index in [0.717, 1.165) is 31.2 Å². The zero-order valence-electron chi connectivity index (χ0n) is 10.4. The van der Waals surface area contributed by atoms with E-state index in [4.69, 9.17) is 17.3 Å². The molecule has 1 amide bonds. The van der Waals surface area contributed by atoms with Crippen LogP contribution < -0.4 is 5.73 Å². The molecule has 0 spiro atoms. The molecule has 3 rings (SSSR count). The summed E-state index contributed by atoms with van der Waals surface area (Å²) < 4.78 is 0. The number of fused-ring (bicyclic) bond motifs is 2. The Morgan fingerprint density at radius 2 is 2.06 bits per heavy atom. The van der Waals surface area contributed by atoms with Crippen molar-refractivity contribution < 1.29 is 4.79 Å². The number of piperidine rings is 1. The normalized spacial score (nSPS) is 30.8. The number of nitrogens with zero attached hydrogens (tertiary/aromatic N) is 1. The number of hydrogen-bond acceptors (Lipinski definition) is 3. The molecule has 2 fully saturated rings. The highest BCUT2D eigenvalue weighted by Crippen LogP contribution is 2.38. The molecule has 3 heterocycles. The molecule has 2 bridgehead atoms. The fraction of sp³-hybridized carbons (Fsp3) is 0.615. The van der Waals surface area contributed by atoms with Gasteiger partial charge >= 0.3 is 0 Å². The molecule has 1 aromatic rings. The molecule has 2 aliphatic heterocycles. The highest BCUT2D eigenvalue weighted by Gasteiger charge is 2.43. The van der Waals surface area contributed by atoms with Crippen LogP contribution in [-0.2, 0) is 0 Å². The number of thiophene rings is 1. The summed E-state index contributed by atoms with van der Waals surface area (Å²) in [5, 5.41) is 2.58. The maximum atomic E-state index is 12.6. The van der Waals surface area contributed by atoms with Crippen LogP contribution in [0, 0.1) is 6.92 Å². The van der Waals surface area contributed by atoms with Gasteiger partial charge in [-0.1, -0.05) is 11.6 Å². The fourth-order valence-electron chi connectivity index (χ4n) is 3.24. The highest BCUT2D eigenvalue weighted by molar-refractivity contribution is 7.13. The predicted octanol–water partition coefficient (Wildman–Crippen LogP) is 2.80. The van der Waals surface area contributed by atoms with Gasteiger partial charge in [-0.3, -0.25) is 4.79 Å². The van der Waals surface area contributed by atoms with Gasteiger partial charge in [0, 0.05) is 18.1 Å². The van der Waals surface area contributed by atoms with Crippen LogP contribution in [0.15, 0.2) is 5.38 Å². The van der Waals surface area contributed by atoms with Crippen LogP contribution in [0.5, 0.6) is 0 Å². The number of hydrogen-bond donors (Lipinski definition) is 1. The molecule has 3 nitrogen and oxygen atoms in total. The smallest absolute Gasteiger partial charge is 0.265 e. The SMILES string of the molecule is Cc1csc(C(=O)N2C3CCC2CC(N)C3)c1Cl. The molecule has 98 valence electrons. The minimum atomic E-state index is 0.109. The lowest BCUT2D eigenvalue weighted by Gasteiger charge is -2.37. The topological polar surface area (TPSA) is 46.3 Å². The van der Waals surface area contributed by atoms with Crippen LogP contribution in [0.2, 0.25) is 5.02 Å². The average Bonchev–Trinajstić information content (AvgIpc) is 2.79. The van der Waals surface area contributed by atoms with Crippen molar-refractivity contribution in [2.75, 3.05) is 0 Å². The fourth-order valence-corrected chi connectivity index (χ4v) is 4.46. The second-order valence-electron chi connectivity index (χ2n) is 5.39. The maximum Gasteiger partial charge on any atom is 0.265 e. The summed E-state index contributed by atoms with van der Waals surface area (Å²) in [7, 11) is 0. The monoisotopic (exact) mass is 284 g/mol. The average molecular weight is 285 g/mol. The quantitative estimate of drug-likeness (QED) is 0.862. The van der Waals surface area contributed by atoms with Gasteiger partial charge in [0.05, 0.1) is 5.02 Å². The maximum absolute atomic E-state index is 12.6. The Hall–Kier alpha value is -0.580. The van der Waals surface area contributed by atoms with Crippen molar-refractivity contribution in [1.82, 2.24) is 4.90 Å². The van der Waals surface area contributed by atoms with Crippen molar-refractivity contribution in [3.8, 4) is 0 Å². The molecule has 2 saturated heterocycles. The molecular formula is C13H17ClN2OS. The van der Waals surface area contributed by atoms with Crippen molar-refractivity contribution in [1.29, 1.82) is 0 Å². The summed E-state index contributed by atoms with van der Waals surface area (Å²) in [5.74, 6) is 0.109. The largest absolute Gasteiger partial charge is 0.332 e. The highest BCUT2D eigenvalue weighted by atomic mass is 35.5. The Bertz CT molecular complexity index is 473. The summed E-state index contributed by atoms with van der Waals surface area (Å²) in [6.45, 7) is 1.94. The minimum absolute atomic E-state index is 0.109. The third-order valence-electron chi connectivity index (χ3n) is 4.10. The van der Waals surface area contributed by atoms with E-state index < -0.39 is 0 Å². The van der Waals surface area contributed by atoms with Crippen molar-refractivity contribution in [3.05, 3.63) is 20.8 Å². The van der Waals surface area contributed by atoms with Crippen LogP contribution in [0.1, 0.15) is 40.9 Å². The Balaban J connectivity index is 1.88. The molecule has 0 saturated carbocycles. The first-order valence-electron chi connectivity index (χ1n) is 6.39. The lowest BCUT2D eigenvalue weighted by atomic mass is 9.98. The van der Waals surface area contributed by atoms with Gasteiger partial charge in [0.1, 0.15) is 4.88 Å². The van der Waals surface area contributed by atoms with Crippen LogP contribution in [0.4, 0.5) is 0 Å². The first-order chi connectivity index (χ1) is 8.58. The van der Waals surface area contributed by atoms with Gasteiger partial charge < -0.3 is 10.6 Å². The third-order valence-corrected chi connectivity index (χ3v) is 5.78. The number of halogens is 1. The molecule has 0 radical (unpaired) electrons. The lowest BCUT2D eigenvalue weighted by molar-refractivity contribution is 0.0580. The molecule has 1 aromatic heterocycles. The minimum Gasteiger partial charge on any atom is -0.332 e. The zero-order chi connectivity index (χ0) is 12.9. The molecule has 2 aliphatic rings. The molecule has 0 aliphatic carbocycles. The van der Waals surface area contributed by atoms with Gasteiger partial charge in [0.2, 0.25) is 0 Å². The number of carbonyl (C=O) groups is 1. The standard InChI is InChI=1S/C13H17ClN2OS/c1-7-6-18-12(11(7)14)13(17)16-9-2-3-10(16)5-8(15)4-9/h6,8-10H,2-5,15H2,1H3. The van der Waals surface area contributed by atoms with E-state index >= 15 is 0 Å². The van der Waals surface area contributed by atoms with E-state index in [1.54, 1.807) is 0 Å². The van der Waals surface area contributed by atoms with Gasteiger partial charge in [0.15, 0.2) is 0 Å². The molecule has 18 heavy (non-hydrogen) atoms.